The van der Waals surface area contributed by atoms with Crippen molar-refractivity contribution in [3.63, 3.8) is 0 Å². The van der Waals surface area contributed by atoms with E-state index in [-0.39, 0.29) is 5.91 Å². The van der Waals surface area contributed by atoms with Gasteiger partial charge < -0.3 is 10.2 Å². The molecule has 0 aliphatic rings. The van der Waals surface area contributed by atoms with E-state index in [1.54, 1.807) is 11.3 Å². The van der Waals surface area contributed by atoms with Crippen LogP contribution in [0.15, 0.2) is 60.0 Å². The van der Waals surface area contributed by atoms with E-state index in [9.17, 15) is 4.79 Å². The third-order valence-corrected chi connectivity index (χ3v) is 4.76. The normalized spacial score (nSPS) is 10.7. The number of fused-ring (bicyclic) bond motifs is 1. The summed E-state index contributed by atoms with van der Waals surface area (Å²) in [7, 11) is 1.95. The van der Waals surface area contributed by atoms with Crippen molar-refractivity contribution in [3.05, 3.63) is 64.9 Å². The molecule has 3 nitrogen and oxygen atoms in total. The first-order valence-electron chi connectivity index (χ1n) is 7.71. The quantitative estimate of drug-likeness (QED) is 0.750. The summed E-state index contributed by atoms with van der Waals surface area (Å²) in [6.07, 6.45) is 0.892. The highest BCUT2D eigenvalue weighted by Gasteiger charge is 2.08. The molecule has 0 saturated heterocycles. The Morgan fingerprint density at radius 1 is 1.09 bits per heavy atom. The van der Waals surface area contributed by atoms with Crippen molar-refractivity contribution >= 4 is 33.7 Å². The zero-order valence-electron chi connectivity index (χ0n) is 13.2. The number of rotatable bonds is 6. The van der Waals surface area contributed by atoms with Crippen molar-refractivity contribution in [2.45, 2.75) is 6.42 Å². The molecule has 1 heterocycles. The van der Waals surface area contributed by atoms with Gasteiger partial charge in [-0.2, -0.15) is 0 Å². The highest BCUT2D eigenvalue weighted by Crippen LogP contribution is 2.21. The topological polar surface area (TPSA) is 32.3 Å². The zero-order chi connectivity index (χ0) is 16.1. The standard InChI is InChI=1S/C19H20N2OS/c1-21(14-19(22)20-11-10-18-7-4-12-23-18)17-9-8-15-5-2-3-6-16(15)13-17/h2-9,12-13H,10-11,14H2,1H3,(H,20,22). The van der Waals surface area contributed by atoms with Gasteiger partial charge >= 0.3 is 0 Å². The lowest BCUT2D eigenvalue weighted by Gasteiger charge is -2.19. The molecule has 23 heavy (non-hydrogen) atoms. The molecular weight excluding hydrogens is 304 g/mol. The molecule has 0 aliphatic carbocycles. The average molecular weight is 324 g/mol. The summed E-state index contributed by atoms with van der Waals surface area (Å²) in [6.45, 7) is 1.05. The number of likely N-dealkylation sites (N-methyl/N-ethyl adjacent to an activating group) is 1. The second-order valence-corrected chi connectivity index (χ2v) is 6.60. The number of hydrogen-bond acceptors (Lipinski definition) is 3. The van der Waals surface area contributed by atoms with Gasteiger partial charge in [-0.1, -0.05) is 36.4 Å². The average Bonchev–Trinajstić information content (AvgIpc) is 3.07. The number of anilines is 1. The molecule has 3 aromatic rings. The van der Waals surface area contributed by atoms with Crippen molar-refractivity contribution in [3.8, 4) is 0 Å². The van der Waals surface area contributed by atoms with E-state index in [0.29, 0.717) is 13.1 Å². The number of amides is 1. The lowest BCUT2D eigenvalue weighted by Crippen LogP contribution is -2.36. The Labute approximate surface area is 140 Å². The summed E-state index contributed by atoms with van der Waals surface area (Å²) >= 11 is 1.72. The van der Waals surface area contributed by atoms with Gasteiger partial charge in [0, 0.05) is 24.2 Å². The molecule has 0 spiro atoms. The van der Waals surface area contributed by atoms with Crippen molar-refractivity contribution in [1.29, 1.82) is 0 Å². The van der Waals surface area contributed by atoms with Crippen molar-refractivity contribution < 1.29 is 4.79 Å². The van der Waals surface area contributed by atoms with Gasteiger partial charge in [0.1, 0.15) is 0 Å². The van der Waals surface area contributed by atoms with Crippen LogP contribution in [0.5, 0.6) is 0 Å². The van der Waals surface area contributed by atoms with Crippen LogP contribution in [0.1, 0.15) is 4.88 Å². The van der Waals surface area contributed by atoms with Crippen molar-refractivity contribution in [2.24, 2.45) is 0 Å². The monoisotopic (exact) mass is 324 g/mol. The molecule has 1 N–H and O–H groups in total. The summed E-state index contributed by atoms with van der Waals surface area (Å²) in [5.41, 5.74) is 1.05. The molecule has 0 bridgehead atoms. The van der Waals surface area contributed by atoms with Crippen LogP contribution in [0.3, 0.4) is 0 Å². The third kappa shape index (κ3) is 4.11. The van der Waals surface area contributed by atoms with E-state index in [1.165, 1.54) is 15.6 Å². The van der Waals surface area contributed by atoms with Gasteiger partial charge in [0.2, 0.25) is 5.91 Å². The summed E-state index contributed by atoms with van der Waals surface area (Å²) < 4.78 is 0. The minimum absolute atomic E-state index is 0.0530. The van der Waals surface area contributed by atoms with Crippen LogP contribution < -0.4 is 10.2 Å². The molecule has 0 radical (unpaired) electrons. The Hall–Kier alpha value is -2.33. The first kappa shape index (κ1) is 15.6. The van der Waals surface area contributed by atoms with Crippen LogP contribution in [-0.4, -0.2) is 26.0 Å². The van der Waals surface area contributed by atoms with Gasteiger partial charge in [-0.15, -0.1) is 11.3 Å². The Morgan fingerprint density at radius 3 is 2.70 bits per heavy atom. The van der Waals surface area contributed by atoms with E-state index in [4.69, 9.17) is 0 Å². The molecule has 0 fully saturated rings. The summed E-state index contributed by atoms with van der Waals surface area (Å²) in [5.74, 6) is 0.0530. The van der Waals surface area contributed by atoms with Gasteiger partial charge in [-0.05, 0) is 40.8 Å². The van der Waals surface area contributed by atoms with Gasteiger partial charge in [-0.3, -0.25) is 4.79 Å². The first-order valence-corrected chi connectivity index (χ1v) is 8.59. The van der Waals surface area contributed by atoms with Crippen LogP contribution in [-0.2, 0) is 11.2 Å². The van der Waals surface area contributed by atoms with Gasteiger partial charge in [0.05, 0.1) is 6.54 Å². The van der Waals surface area contributed by atoms with Gasteiger partial charge in [0.15, 0.2) is 0 Å². The lowest BCUT2D eigenvalue weighted by molar-refractivity contribution is -0.119. The minimum Gasteiger partial charge on any atom is -0.365 e. The molecular formula is C19H20N2OS. The second kappa shape index (κ2) is 7.29. The molecule has 1 aromatic heterocycles. The second-order valence-electron chi connectivity index (χ2n) is 5.57. The SMILES string of the molecule is CN(CC(=O)NCCc1cccs1)c1ccc2ccccc2c1. The molecule has 3 rings (SSSR count). The summed E-state index contributed by atoms with van der Waals surface area (Å²) in [6, 6.07) is 18.7. The van der Waals surface area contributed by atoms with Crippen molar-refractivity contribution in [2.75, 3.05) is 25.0 Å². The fourth-order valence-corrected chi connectivity index (χ4v) is 3.27. The molecule has 2 aromatic carbocycles. The largest absolute Gasteiger partial charge is 0.365 e. The van der Waals surface area contributed by atoms with Crippen LogP contribution in [0.4, 0.5) is 5.69 Å². The van der Waals surface area contributed by atoms with E-state index in [1.807, 2.05) is 30.1 Å². The van der Waals surface area contributed by atoms with E-state index in [2.05, 4.69) is 47.1 Å². The van der Waals surface area contributed by atoms with Crippen LogP contribution in [0, 0.1) is 0 Å². The minimum atomic E-state index is 0.0530. The summed E-state index contributed by atoms with van der Waals surface area (Å²) in [4.78, 5) is 15.3. The Kier molecular flexibility index (Phi) is 4.93. The van der Waals surface area contributed by atoms with E-state index < -0.39 is 0 Å². The Morgan fingerprint density at radius 2 is 1.91 bits per heavy atom. The molecule has 0 saturated carbocycles. The number of hydrogen-bond donors (Lipinski definition) is 1. The molecule has 118 valence electrons. The van der Waals surface area contributed by atoms with Crippen LogP contribution in [0.2, 0.25) is 0 Å². The fraction of sp³-hybridized carbons (Fsp3) is 0.211. The fourth-order valence-electron chi connectivity index (χ4n) is 2.56. The predicted octanol–water partition coefficient (Wildman–Crippen LogP) is 3.70. The van der Waals surface area contributed by atoms with Crippen LogP contribution >= 0.6 is 11.3 Å². The predicted molar refractivity (Wildman–Crippen MR) is 98.3 cm³/mol. The number of thiophene rings is 1. The zero-order valence-corrected chi connectivity index (χ0v) is 14.0. The first-order chi connectivity index (χ1) is 11.2. The molecule has 0 unspecified atom stereocenters. The smallest absolute Gasteiger partial charge is 0.239 e. The van der Waals surface area contributed by atoms with E-state index >= 15 is 0 Å². The highest BCUT2D eigenvalue weighted by atomic mass is 32.1. The third-order valence-electron chi connectivity index (χ3n) is 3.83. The van der Waals surface area contributed by atoms with Crippen LogP contribution in [0.25, 0.3) is 10.8 Å². The number of nitrogens with one attached hydrogen (secondary N) is 1. The molecule has 1 amide bonds. The number of carbonyl (C=O) groups excluding carboxylic acids is 1. The molecule has 0 atom stereocenters. The molecule has 4 heteroatoms. The van der Waals surface area contributed by atoms with Gasteiger partial charge in [0.25, 0.3) is 0 Å². The maximum Gasteiger partial charge on any atom is 0.239 e. The number of nitrogens with zero attached hydrogens (tertiary/aromatic N) is 1. The number of carbonyl (C=O) groups is 1. The van der Waals surface area contributed by atoms with Crippen molar-refractivity contribution in [1.82, 2.24) is 5.32 Å². The van der Waals surface area contributed by atoms with E-state index in [0.717, 1.165) is 12.1 Å². The maximum absolute atomic E-state index is 12.1. The summed E-state index contributed by atoms with van der Waals surface area (Å²) in [5, 5.41) is 7.45. The Balaban J connectivity index is 1.54. The molecule has 0 aliphatic heterocycles. The number of benzene rings is 2. The lowest BCUT2D eigenvalue weighted by atomic mass is 10.1. The Bertz CT molecular complexity index is 783. The highest BCUT2D eigenvalue weighted by molar-refractivity contribution is 7.09. The van der Waals surface area contributed by atoms with Gasteiger partial charge in [-0.25, -0.2) is 0 Å². The maximum atomic E-state index is 12.1.